The van der Waals surface area contributed by atoms with Crippen molar-refractivity contribution < 1.29 is 17.3 Å². The van der Waals surface area contributed by atoms with Crippen molar-refractivity contribution in [3.63, 3.8) is 0 Å². The Morgan fingerprint density at radius 2 is 1.21 bits per heavy atom. The molecule has 1 rings (SSSR count). The van der Waals surface area contributed by atoms with Gasteiger partial charge in [0.15, 0.2) is 0 Å². The van der Waals surface area contributed by atoms with Gasteiger partial charge in [-0.25, -0.2) is 0 Å². The number of rotatable bonds is 0. The summed E-state index contributed by atoms with van der Waals surface area (Å²) in [6.45, 7) is 0. The molecule has 0 unspecified atom stereocenters. The molecule has 0 spiro atoms. The number of para-hydroxylation sites is 1. The van der Waals surface area contributed by atoms with Gasteiger partial charge in [-0.15, -0.1) is 0 Å². The summed E-state index contributed by atoms with van der Waals surface area (Å²) >= 11 is -5.13. The third kappa shape index (κ3) is 23.3. The second kappa shape index (κ2) is 4.35. The molecule has 80 valence electrons. The zero-order chi connectivity index (χ0) is 11.5. The van der Waals surface area contributed by atoms with E-state index in [1.54, 1.807) is 24.3 Å². The van der Waals surface area contributed by atoms with Gasteiger partial charge in [0.1, 0.15) is 5.75 Å². The van der Waals surface area contributed by atoms with Gasteiger partial charge in [-0.05, 0) is 12.1 Å². The van der Waals surface area contributed by atoms with Crippen molar-refractivity contribution in [2.75, 3.05) is 0 Å². The van der Waals surface area contributed by atoms with Crippen LogP contribution >= 0.6 is 41.2 Å². The zero-order valence-corrected chi connectivity index (χ0v) is 16.7. The Hall–Kier alpha value is 1.41. The van der Waals surface area contributed by atoms with Gasteiger partial charge in [0.2, 0.25) is 0 Å². The number of phenols is 1. The Bertz CT molecular complexity index is 278. The minimum atomic E-state index is -5.13. The van der Waals surface area contributed by atoms with Crippen molar-refractivity contribution in [2.24, 2.45) is 0 Å². The van der Waals surface area contributed by atoms with Crippen molar-refractivity contribution in [3.8, 4) is 5.75 Å². The SMILES string of the molecule is Oc1ccccc1.[CH3][Hg]([Cl])([Cl])([Cl])([Cl])[Cl]. The van der Waals surface area contributed by atoms with E-state index in [1.807, 2.05) is 6.07 Å². The molecular weight excluding hydrogens is 478 g/mol. The van der Waals surface area contributed by atoms with Gasteiger partial charge in [0, 0.05) is 0 Å². The molecule has 0 bridgehead atoms. The quantitative estimate of drug-likeness (QED) is 0.485. The summed E-state index contributed by atoms with van der Waals surface area (Å²) in [5.41, 5.74) is 0. The van der Waals surface area contributed by atoms with Gasteiger partial charge >= 0.3 is 57.9 Å². The monoisotopic (exact) mass is 486 g/mol. The van der Waals surface area contributed by atoms with E-state index in [4.69, 9.17) is 46.4 Å². The Kier molecular flexibility index (Phi) is 4.78. The molecule has 1 N–H and O–H groups in total. The van der Waals surface area contributed by atoms with E-state index in [9.17, 15) is 0 Å². The van der Waals surface area contributed by atoms with Crippen molar-refractivity contribution in [3.05, 3.63) is 30.3 Å². The molecule has 0 fully saturated rings. The predicted octanol–water partition coefficient (Wildman–Crippen LogP) is 5.42. The fourth-order valence-electron chi connectivity index (χ4n) is 0.428. The first-order chi connectivity index (χ1) is 5.84. The molecule has 0 saturated carbocycles. The molecule has 0 aliphatic heterocycles. The Balaban J connectivity index is 0.000000241. The maximum absolute atomic E-state index is 8.63. The maximum atomic E-state index is 8.63. The number of aromatic hydroxyl groups is 1. The van der Waals surface area contributed by atoms with E-state index in [0.29, 0.717) is 5.75 Å². The average Bonchev–Trinajstić information content (AvgIpc) is 1.81. The van der Waals surface area contributed by atoms with Gasteiger partial charge in [0.05, 0.1) is 0 Å². The molecule has 14 heavy (non-hydrogen) atoms. The molecule has 0 amide bonds. The zero-order valence-electron chi connectivity index (χ0n) is 7.43. The number of halogens is 5. The molecule has 0 aliphatic carbocycles. The van der Waals surface area contributed by atoms with Crippen molar-refractivity contribution in [2.45, 2.75) is 4.43 Å². The van der Waals surface area contributed by atoms with E-state index in [1.165, 1.54) is 4.43 Å². The van der Waals surface area contributed by atoms with Crippen LogP contribution in [-0.4, -0.2) is 5.11 Å². The van der Waals surface area contributed by atoms with Crippen LogP contribution in [-0.2, 0) is 12.2 Å². The van der Waals surface area contributed by atoms with Crippen LogP contribution in [0.1, 0.15) is 0 Å². The molecule has 7 heteroatoms. The van der Waals surface area contributed by atoms with Crippen LogP contribution in [0.25, 0.3) is 0 Å². The molecular formula is C7H9Cl5HgO. The summed E-state index contributed by atoms with van der Waals surface area (Å²) in [6, 6.07) is 8.71. The molecule has 1 aromatic rings. The standard InChI is InChI=1S/C6H6O.CH3.5ClH.Hg/c7-6-4-2-1-3-5-6;;;;;;;/h1-5,7H;1H3;5*1H;/q;;;;;;;+5/p-5. The van der Waals surface area contributed by atoms with Crippen molar-refractivity contribution in [1.29, 1.82) is 0 Å². The van der Waals surface area contributed by atoms with Crippen molar-refractivity contribution in [1.82, 2.24) is 0 Å². The molecule has 0 atom stereocenters. The van der Waals surface area contributed by atoms with E-state index in [-0.39, 0.29) is 0 Å². The minimum absolute atomic E-state index is 0.322. The Morgan fingerprint density at radius 3 is 1.36 bits per heavy atom. The van der Waals surface area contributed by atoms with E-state index >= 15 is 0 Å². The number of hydrogen-bond donors (Lipinski definition) is 1. The first-order valence-electron chi connectivity index (χ1n) is 4.18. The van der Waals surface area contributed by atoms with Gasteiger partial charge < -0.3 is 5.11 Å². The fraction of sp³-hybridized carbons (Fsp3) is 0.143. The third-order valence-electron chi connectivity index (χ3n) is 0.756. The molecule has 1 nitrogen and oxygen atoms in total. The summed E-state index contributed by atoms with van der Waals surface area (Å²) < 4.78 is 1.28. The predicted molar refractivity (Wildman–Crippen MR) is 63.2 cm³/mol. The molecule has 0 heterocycles. The van der Waals surface area contributed by atoms with Gasteiger partial charge in [-0.2, -0.15) is 0 Å². The summed E-state index contributed by atoms with van der Waals surface area (Å²) in [4.78, 5) is 0. The first kappa shape index (κ1) is 15.4. The number of phenolic OH excluding ortho intramolecular Hbond substituents is 1. The molecule has 0 saturated heterocycles. The summed E-state index contributed by atoms with van der Waals surface area (Å²) in [6.07, 6.45) is 0. The molecule has 0 radical (unpaired) electrons. The van der Waals surface area contributed by atoms with E-state index in [0.717, 1.165) is 0 Å². The fourth-order valence-corrected chi connectivity index (χ4v) is 0.428. The summed E-state index contributed by atoms with van der Waals surface area (Å²) in [7, 11) is 26.6. The number of benzene rings is 1. The number of hydrogen-bond acceptors (Lipinski definition) is 1. The normalized spacial score (nSPS) is 13.3. The topological polar surface area (TPSA) is 20.2 Å². The average molecular weight is 487 g/mol. The van der Waals surface area contributed by atoms with Crippen LogP contribution in [0.15, 0.2) is 30.3 Å². The van der Waals surface area contributed by atoms with Crippen LogP contribution in [0.3, 0.4) is 0 Å². The van der Waals surface area contributed by atoms with Gasteiger partial charge in [-0.1, -0.05) is 18.2 Å². The van der Waals surface area contributed by atoms with Gasteiger partial charge in [0.25, 0.3) is 0 Å². The summed E-state index contributed by atoms with van der Waals surface area (Å²) in [5, 5.41) is 8.63. The second-order valence-electron chi connectivity index (χ2n) is 3.68. The van der Waals surface area contributed by atoms with Crippen LogP contribution in [0, 0.1) is 0 Å². The van der Waals surface area contributed by atoms with Crippen LogP contribution < -0.4 is 0 Å². The Morgan fingerprint density at radius 1 is 0.929 bits per heavy atom. The van der Waals surface area contributed by atoms with Gasteiger partial charge in [-0.3, -0.25) is 0 Å². The molecule has 1 aromatic carbocycles. The second-order valence-corrected chi connectivity index (χ2v) is 116. The van der Waals surface area contributed by atoms with Crippen molar-refractivity contribution >= 4 is 41.2 Å². The first-order valence-corrected chi connectivity index (χ1v) is 43.5. The van der Waals surface area contributed by atoms with Crippen LogP contribution in [0.5, 0.6) is 5.75 Å². The van der Waals surface area contributed by atoms with E-state index in [2.05, 4.69) is 0 Å². The third-order valence-corrected chi connectivity index (χ3v) is 0.756. The van der Waals surface area contributed by atoms with E-state index < -0.39 is 12.2 Å². The Labute approximate surface area is 97.8 Å². The van der Waals surface area contributed by atoms with Crippen LogP contribution in [0.2, 0.25) is 4.43 Å². The summed E-state index contributed by atoms with van der Waals surface area (Å²) in [5.74, 6) is 0.322. The van der Waals surface area contributed by atoms with Crippen LogP contribution in [0.4, 0.5) is 0 Å². The molecule has 0 aliphatic rings. The molecule has 0 aromatic heterocycles.